The Hall–Kier alpha value is -2.43. The van der Waals surface area contributed by atoms with Crippen LogP contribution in [0.25, 0.3) is 17.2 Å². The number of nitrogens with zero attached hydrogens (tertiary/aromatic N) is 3. The molecule has 3 heterocycles. The number of pyridine rings is 2. The maximum atomic E-state index is 11.7. The maximum absolute atomic E-state index is 11.7. The highest BCUT2D eigenvalue weighted by molar-refractivity contribution is 5.54. The predicted octanol–water partition coefficient (Wildman–Crippen LogP) is 1.08. The monoisotopic (exact) mass is 212 g/mol. The summed E-state index contributed by atoms with van der Waals surface area (Å²) in [4.78, 5) is 15.9. The summed E-state index contributed by atoms with van der Waals surface area (Å²) in [6, 6.07) is 10.5. The van der Waals surface area contributed by atoms with Crippen LogP contribution < -0.4 is 5.56 Å². The van der Waals surface area contributed by atoms with Crippen LogP contribution in [0.15, 0.2) is 47.4 Å². The third-order valence-corrected chi connectivity index (χ3v) is 2.34. The van der Waals surface area contributed by atoms with E-state index in [0.29, 0.717) is 17.2 Å². The second-order valence-corrected chi connectivity index (χ2v) is 3.35. The van der Waals surface area contributed by atoms with Crippen molar-refractivity contribution >= 4 is 5.65 Å². The van der Waals surface area contributed by atoms with E-state index in [2.05, 4.69) is 15.2 Å². The first-order valence-corrected chi connectivity index (χ1v) is 4.84. The van der Waals surface area contributed by atoms with Gasteiger partial charge in [0.2, 0.25) is 0 Å². The zero-order valence-electron chi connectivity index (χ0n) is 8.29. The van der Waals surface area contributed by atoms with E-state index in [-0.39, 0.29) is 5.56 Å². The molecule has 3 aromatic heterocycles. The molecule has 5 heteroatoms. The summed E-state index contributed by atoms with van der Waals surface area (Å²) in [5.74, 6) is 0.529. The average molecular weight is 212 g/mol. The Morgan fingerprint density at radius 2 is 2.06 bits per heavy atom. The number of H-pyrrole nitrogens is 1. The molecule has 1 N–H and O–H groups in total. The zero-order chi connectivity index (χ0) is 11.0. The lowest BCUT2D eigenvalue weighted by Gasteiger charge is -1.96. The molecule has 3 rings (SSSR count). The van der Waals surface area contributed by atoms with Gasteiger partial charge in [-0.15, -0.1) is 0 Å². The molecular formula is C11H8N4O. The van der Waals surface area contributed by atoms with Crippen molar-refractivity contribution in [1.29, 1.82) is 0 Å². The smallest absolute Gasteiger partial charge is 0.258 e. The molecule has 0 saturated carbocycles. The first kappa shape index (κ1) is 8.84. The molecule has 0 bridgehead atoms. The number of nitrogens with one attached hydrogen (secondary N) is 1. The van der Waals surface area contributed by atoms with Gasteiger partial charge in [-0.25, -0.2) is 4.40 Å². The van der Waals surface area contributed by atoms with Crippen LogP contribution in [0.5, 0.6) is 0 Å². The summed E-state index contributed by atoms with van der Waals surface area (Å²) in [5.41, 5.74) is 1.21. The van der Waals surface area contributed by atoms with Crippen molar-refractivity contribution < 1.29 is 0 Å². The molecule has 0 unspecified atom stereocenters. The van der Waals surface area contributed by atoms with Gasteiger partial charge < -0.3 is 0 Å². The molecule has 0 atom stereocenters. The lowest BCUT2D eigenvalue weighted by molar-refractivity contribution is 1.07. The van der Waals surface area contributed by atoms with Crippen LogP contribution in [0.4, 0.5) is 0 Å². The summed E-state index contributed by atoms with van der Waals surface area (Å²) < 4.78 is 1.50. The molecule has 0 aliphatic heterocycles. The minimum atomic E-state index is -0.119. The highest BCUT2D eigenvalue weighted by Gasteiger charge is 2.08. The van der Waals surface area contributed by atoms with Gasteiger partial charge in [-0.2, -0.15) is 5.10 Å². The molecule has 5 nitrogen and oxygen atoms in total. The summed E-state index contributed by atoms with van der Waals surface area (Å²) in [6.45, 7) is 0. The van der Waals surface area contributed by atoms with Crippen LogP contribution in [0.1, 0.15) is 0 Å². The number of hydrogen-bond donors (Lipinski definition) is 1. The Morgan fingerprint density at radius 3 is 2.88 bits per heavy atom. The Kier molecular flexibility index (Phi) is 1.83. The highest BCUT2D eigenvalue weighted by atomic mass is 16.1. The van der Waals surface area contributed by atoms with E-state index in [0.717, 1.165) is 0 Å². The zero-order valence-corrected chi connectivity index (χ0v) is 8.29. The predicted molar refractivity (Wildman–Crippen MR) is 59.0 cm³/mol. The van der Waals surface area contributed by atoms with Gasteiger partial charge in [-0.1, -0.05) is 12.1 Å². The van der Waals surface area contributed by atoms with E-state index in [1.165, 1.54) is 10.5 Å². The molecule has 16 heavy (non-hydrogen) atoms. The molecule has 0 fully saturated rings. The van der Waals surface area contributed by atoms with Crippen molar-refractivity contribution in [3.8, 4) is 11.5 Å². The normalized spacial score (nSPS) is 10.8. The SMILES string of the molecule is O=c1cccc2[nH]nc(-c3ccccn3)n12. The van der Waals surface area contributed by atoms with Gasteiger partial charge in [-0.3, -0.25) is 14.9 Å². The van der Waals surface area contributed by atoms with Gasteiger partial charge in [-0.05, 0) is 18.2 Å². The van der Waals surface area contributed by atoms with Crippen molar-refractivity contribution in [1.82, 2.24) is 19.6 Å². The first-order valence-electron chi connectivity index (χ1n) is 4.84. The van der Waals surface area contributed by atoms with Crippen molar-refractivity contribution in [3.63, 3.8) is 0 Å². The van der Waals surface area contributed by atoms with E-state index in [1.54, 1.807) is 18.3 Å². The van der Waals surface area contributed by atoms with Crippen molar-refractivity contribution in [3.05, 3.63) is 52.9 Å². The van der Waals surface area contributed by atoms with E-state index in [1.807, 2.05) is 18.2 Å². The summed E-state index contributed by atoms with van der Waals surface area (Å²) in [7, 11) is 0. The second kappa shape index (κ2) is 3.30. The van der Waals surface area contributed by atoms with Gasteiger partial charge in [0.05, 0.1) is 0 Å². The largest absolute Gasteiger partial charge is 0.269 e. The number of aromatic amines is 1. The fraction of sp³-hybridized carbons (Fsp3) is 0. The van der Waals surface area contributed by atoms with Crippen LogP contribution in [-0.2, 0) is 0 Å². The number of hydrogen-bond acceptors (Lipinski definition) is 3. The fourth-order valence-electron chi connectivity index (χ4n) is 1.62. The van der Waals surface area contributed by atoms with Gasteiger partial charge >= 0.3 is 0 Å². The fourth-order valence-corrected chi connectivity index (χ4v) is 1.62. The van der Waals surface area contributed by atoms with Gasteiger partial charge in [0.1, 0.15) is 11.3 Å². The minimum Gasteiger partial charge on any atom is -0.269 e. The van der Waals surface area contributed by atoms with Gasteiger partial charge in [0.25, 0.3) is 5.56 Å². The van der Waals surface area contributed by atoms with Crippen LogP contribution in [0.2, 0.25) is 0 Å². The van der Waals surface area contributed by atoms with E-state index in [4.69, 9.17) is 0 Å². The lowest BCUT2D eigenvalue weighted by Crippen LogP contribution is -2.11. The van der Waals surface area contributed by atoms with E-state index >= 15 is 0 Å². The molecular weight excluding hydrogens is 204 g/mol. The topological polar surface area (TPSA) is 63.0 Å². The molecule has 0 aliphatic rings. The third kappa shape index (κ3) is 1.22. The number of rotatable bonds is 1. The van der Waals surface area contributed by atoms with Gasteiger partial charge in [0, 0.05) is 12.3 Å². The van der Waals surface area contributed by atoms with Crippen LogP contribution in [-0.4, -0.2) is 19.6 Å². The Bertz CT molecular complexity index is 684. The summed E-state index contributed by atoms with van der Waals surface area (Å²) >= 11 is 0. The van der Waals surface area contributed by atoms with Crippen LogP contribution >= 0.6 is 0 Å². The standard InChI is InChI=1S/C11H8N4O/c16-10-6-3-5-9-13-14-11(15(9)10)8-4-1-2-7-12-8/h1-7,13H. The van der Waals surface area contributed by atoms with Crippen molar-refractivity contribution in [2.24, 2.45) is 0 Å². The average Bonchev–Trinajstić information content (AvgIpc) is 2.75. The quantitative estimate of drug-likeness (QED) is 0.656. The summed E-state index contributed by atoms with van der Waals surface area (Å²) in [5, 5.41) is 6.90. The molecule has 0 aliphatic carbocycles. The molecule has 0 aromatic carbocycles. The minimum absolute atomic E-state index is 0.119. The second-order valence-electron chi connectivity index (χ2n) is 3.35. The molecule has 78 valence electrons. The van der Waals surface area contributed by atoms with Crippen LogP contribution in [0, 0.1) is 0 Å². The molecule has 0 saturated heterocycles. The Labute approximate surface area is 90.4 Å². The third-order valence-electron chi connectivity index (χ3n) is 2.34. The highest BCUT2D eigenvalue weighted by Crippen LogP contribution is 2.12. The van der Waals surface area contributed by atoms with E-state index in [9.17, 15) is 4.79 Å². The summed E-state index contributed by atoms with van der Waals surface area (Å²) in [6.07, 6.45) is 1.67. The maximum Gasteiger partial charge on any atom is 0.258 e. The molecule has 0 amide bonds. The van der Waals surface area contributed by atoms with Crippen molar-refractivity contribution in [2.75, 3.05) is 0 Å². The van der Waals surface area contributed by atoms with E-state index < -0.39 is 0 Å². The Morgan fingerprint density at radius 1 is 1.12 bits per heavy atom. The van der Waals surface area contributed by atoms with Gasteiger partial charge in [0.15, 0.2) is 5.82 Å². The molecule has 0 radical (unpaired) electrons. The lowest BCUT2D eigenvalue weighted by atomic mass is 10.3. The van der Waals surface area contributed by atoms with Crippen molar-refractivity contribution in [2.45, 2.75) is 0 Å². The Balaban J connectivity index is 2.38. The molecule has 0 spiro atoms. The molecule has 3 aromatic rings. The van der Waals surface area contributed by atoms with Crippen LogP contribution in [0.3, 0.4) is 0 Å². The number of fused-ring (bicyclic) bond motifs is 1. The number of aromatic nitrogens is 4. The first-order chi connectivity index (χ1) is 7.86.